The van der Waals surface area contributed by atoms with E-state index < -0.39 is 0 Å². The summed E-state index contributed by atoms with van der Waals surface area (Å²) in [6, 6.07) is 73.9. The summed E-state index contributed by atoms with van der Waals surface area (Å²) >= 11 is 0. The third-order valence-corrected chi connectivity index (χ3v) is 11.0. The Morgan fingerprint density at radius 3 is 1.84 bits per heavy atom. The summed E-state index contributed by atoms with van der Waals surface area (Å²) in [5.41, 5.74) is 13.2. The van der Waals surface area contributed by atoms with Crippen molar-refractivity contribution >= 4 is 71.6 Å². The van der Waals surface area contributed by atoms with Gasteiger partial charge in [-0.25, -0.2) is 0 Å². The van der Waals surface area contributed by atoms with E-state index in [0.717, 1.165) is 55.8 Å². The number of anilines is 3. The standard InChI is InChI=1S/C52H34N2O/c1-2-12-37(13-3-1)42-15-6-9-19-48(42)53(41-31-33-46-45-18-8-11-21-50(45)55-51(46)34-41)39-27-22-35(23-28-39)36-24-29-40(30-25-36)54-49-20-10-7-17-44(49)47-32-26-38-14-4-5-16-43(38)52(47)54/h1-34H. The van der Waals surface area contributed by atoms with Crippen LogP contribution in [0.4, 0.5) is 17.1 Å². The SMILES string of the molecule is c1ccc(-c2ccccc2N(c2ccc(-c3ccc(-n4c5ccccc5c5ccc6ccccc6c54)cc3)cc2)c2ccc3c(c2)oc2ccccc23)cc1. The summed E-state index contributed by atoms with van der Waals surface area (Å²) in [7, 11) is 0. The zero-order valence-electron chi connectivity index (χ0n) is 29.9. The minimum atomic E-state index is 0.869. The smallest absolute Gasteiger partial charge is 0.137 e. The number of hydrogen-bond donors (Lipinski definition) is 0. The highest BCUT2D eigenvalue weighted by Crippen LogP contribution is 2.43. The zero-order chi connectivity index (χ0) is 36.3. The van der Waals surface area contributed by atoms with Crippen LogP contribution in [0.25, 0.3) is 82.5 Å². The van der Waals surface area contributed by atoms with Crippen LogP contribution in [-0.2, 0) is 0 Å². The molecule has 0 radical (unpaired) electrons. The molecule has 0 aliphatic carbocycles. The van der Waals surface area contributed by atoms with Crippen LogP contribution in [-0.4, -0.2) is 4.57 Å². The van der Waals surface area contributed by atoms with Gasteiger partial charge in [0.05, 0.1) is 16.7 Å². The summed E-state index contributed by atoms with van der Waals surface area (Å²) in [5, 5.41) is 7.28. The molecule has 11 aromatic rings. The van der Waals surface area contributed by atoms with Gasteiger partial charge in [-0.15, -0.1) is 0 Å². The van der Waals surface area contributed by atoms with Gasteiger partial charge in [-0.3, -0.25) is 0 Å². The second-order valence-corrected chi connectivity index (χ2v) is 14.1. The number of aromatic nitrogens is 1. The molecular weight excluding hydrogens is 669 g/mol. The van der Waals surface area contributed by atoms with Crippen molar-refractivity contribution in [3.8, 4) is 27.9 Å². The number of fused-ring (bicyclic) bond motifs is 8. The lowest BCUT2D eigenvalue weighted by Crippen LogP contribution is -2.11. The molecule has 0 saturated heterocycles. The molecule has 2 heterocycles. The molecule has 11 rings (SSSR count). The molecule has 0 fully saturated rings. The quantitative estimate of drug-likeness (QED) is 0.172. The van der Waals surface area contributed by atoms with Gasteiger partial charge in [-0.2, -0.15) is 0 Å². The van der Waals surface area contributed by atoms with Gasteiger partial charge in [0.1, 0.15) is 11.2 Å². The van der Waals surface area contributed by atoms with Crippen LogP contribution < -0.4 is 4.90 Å². The minimum Gasteiger partial charge on any atom is -0.456 e. The van der Waals surface area contributed by atoms with Crippen molar-refractivity contribution in [2.75, 3.05) is 4.90 Å². The Balaban J connectivity index is 1.01. The van der Waals surface area contributed by atoms with E-state index >= 15 is 0 Å². The van der Waals surface area contributed by atoms with Gasteiger partial charge < -0.3 is 13.9 Å². The largest absolute Gasteiger partial charge is 0.456 e. The Hall–Kier alpha value is -7.36. The van der Waals surface area contributed by atoms with E-state index in [1.165, 1.54) is 43.7 Å². The predicted molar refractivity (Wildman–Crippen MR) is 231 cm³/mol. The fourth-order valence-electron chi connectivity index (χ4n) is 8.42. The van der Waals surface area contributed by atoms with Crippen molar-refractivity contribution in [1.82, 2.24) is 4.57 Å². The zero-order valence-corrected chi connectivity index (χ0v) is 29.9. The van der Waals surface area contributed by atoms with Gasteiger partial charge in [-0.05, 0) is 76.7 Å². The molecule has 0 aliphatic heterocycles. The molecule has 0 amide bonds. The summed E-state index contributed by atoms with van der Waals surface area (Å²) in [5.74, 6) is 0. The molecule has 0 unspecified atom stereocenters. The molecule has 0 aliphatic rings. The van der Waals surface area contributed by atoms with E-state index in [9.17, 15) is 0 Å². The summed E-state index contributed by atoms with van der Waals surface area (Å²) in [6.45, 7) is 0. The second kappa shape index (κ2) is 12.6. The summed E-state index contributed by atoms with van der Waals surface area (Å²) < 4.78 is 8.80. The molecule has 0 spiro atoms. The first-order valence-electron chi connectivity index (χ1n) is 18.8. The number of nitrogens with zero attached hydrogens (tertiary/aromatic N) is 2. The first kappa shape index (κ1) is 31.2. The van der Waals surface area contributed by atoms with Crippen molar-refractivity contribution in [1.29, 1.82) is 0 Å². The maximum absolute atomic E-state index is 6.38. The normalized spacial score (nSPS) is 11.6. The third kappa shape index (κ3) is 5.13. The maximum Gasteiger partial charge on any atom is 0.137 e. The number of furan rings is 1. The molecule has 2 aromatic heterocycles. The van der Waals surface area contributed by atoms with Crippen LogP contribution >= 0.6 is 0 Å². The summed E-state index contributed by atoms with van der Waals surface area (Å²) in [6.07, 6.45) is 0. The Morgan fingerprint density at radius 1 is 0.382 bits per heavy atom. The highest BCUT2D eigenvalue weighted by atomic mass is 16.3. The topological polar surface area (TPSA) is 21.3 Å². The molecule has 55 heavy (non-hydrogen) atoms. The van der Waals surface area contributed by atoms with Crippen molar-refractivity contribution in [2.24, 2.45) is 0 Å². The van der Waals surface area contributed by atoms with Crippen LogP contribution in [0.1, 0.15) is 0 Å². The van der Waals surface area contributed by atoms with Gasteiger partial charge in [-0.1, -0.05) is 146 Å². The molecule has 3 heteroatoms. The number of para-hydroxylation sites is 3. The number of rotatable bonds is 6. The molecule has 0 bridgehead atoms. The van der Waals surface area contributed by atoms with Gasteiger partial charge >= 0.3 is 0 Å². The Labute approximate surface area is 318 Å². The number of benzene rings is 9. The van der Waals surface area contributed by atoms with Crippen molar-refractivity contribution in [3.63, 3.8) is 0 Å². The van der Waals surface area contributed by atoms with E-state index in [2.05, 4.69) is 204 Å². The maximum atomic E-state index is 6.38. The monoisotopic (exact) mass is 702 g/mol. The first-order chi connectivity index (χ1) is 27.3. The van der Waals surface area contributed by atoms with Crippen LogP contribution in [0.2, 0.25) is 0 Å². The van der Waals surface area contributed by atoms with E-state index in [1.807, 2.05) is 12.1 Å². The average molecular weight is 703 g/mol. The highest BCUT2D eigenvalue weighted by Gasteiger charge is 2.19. The van der Waals surface area contributed by atoms with Crippen LogP contribution in [0.5, 0.6) is 0 Å². The fraction of sp³-hybridized carbons (Fsp3) is 0. The van der Waals surface area contributed by atoms with Gasteiger partial charge in [0, 0.05) is 55.6 Å². The molecule has 9 aromatic carbocycles. The Bertz CT molecular complexity index is 3190. The molecular formula is C52H34N2O. The molecule has 3 nitrogen and oxygen atoms in total. The molecule has 0 atom stereocenters. The van der Waals surface area contributed by atoms with Crippen molar-refractivity contribution in [3.05, 3.63) is 206 Å². The van der Waals surface area contributed by atoms with Crippen LogP contribution in [0.15, 0.2) is 211 Å². The van der Waals surface area contributed by atoms with Gasteiger partial charge in [0.25, 0.3) is 0 Å². The van der Waals surface area contributed by atoms with E-state index in [4.69, 9.17) is 4.42 Å². The molecule has 0 N–H and O–H groups in total. The van der Waals surface area contributed by atoms with Crippen LogP contribution in [0, 0.1) is 0 Å². The second-order valence-electron chi connectivity index (χ2n) is 14.1. The van der Waals surface area contributed by atoms with E-state index in [-0.39, 0.29) is 0 Å². The Morgan fingerprint density at radius 2 is 1.00 bits per heavy atom. The molecule has 258 valence electrons. The van der Waals surface area contributed by atoms with E-state index in [1.54, 1.807) is 0 Å². The molecule has 0 saturated carbocycles. The van der Waals surface area contributed by atoms with Crippen molar-refractivity contribution in [2.45, 2.75) is 0 Å². The number of hydrogen-bond acceptors (Lipinski definition) is 2. The van der Waals surface area contributed by atoms with Gasteiger partial charge in [0.15, 0.2) is 0 Å². The fourth-order valence-corrected chi connectivity index (χ4v) is 8.42. The van der Waals surface area contributed by atoms with Gasteiger partial charge in [0.2, 0.25) is 0 Å². The lowest BCUT2D eigenvalue weighted by Gasteiger charge is -2.28. The predicted octanol–water partition coefficient (Wildman–Crippen LogP) is 14.6. The lowest BCUT2D eigenvalue weighted by atomic mass is 10.0. The van der Waals surface area contributed by atoms with E-state index in [0.29, 0.717) is 0 Å². The average Bonchev–Trinajstić information content (AvgIpc) is 3.80. The third-order valence-electron chi connectivity index (χ3n) is 11.0. The van der Waals surface area contributed by atoms with Crippen LogP contribution in [0.3, 0.4) is 0 Å². The minimum absolute atomic E-state index is 0.869. The summed E-state index contributed by atoms with van der Waals surface area (Å²) in [4.78, 5) is 2.34. The Kier molecular flexibility index (Phi) is 7.17. The first-order valence-corrected chi connectivity index (χ1v) is 18.8. The highest BCUT2D eigenvalue weighted by molar-refractivity contribution is 6.18. The lowest BCUT2D eigenvalue weighted by molar-refractivity contribution is 0.669. The van der Waals surface area contributed by atoms with Crippen molar-refractivity contribution < 1.29 is 4.42 Å².